The van der Waals surface area contributed by atoms with Crippen molar-refractivity contribution in [1.82, 2.24) is 4.90 Å². The van der Waals surface area contributed by atoms with Crippen LogP contribution in [0.1, 0.15) is 49.3 Å². The van der Waals surface area contributed by atoms with Gasteiger partial charge in [-0.05, 0) is 60.9 Å². The van der Waals surface area contributed by atoms with Crippen molar-refractivity contribution in [3.63, 3.8) is 0 Å². The van der Waals surface area contributed by atoms with Crippen LogP contribution in [0.15, 0.2) is 42.5 Å². The molecule has 2 N–H and O–H groups in total. The fourth-order valence-electron chi connectivity index (χ4n) is 4.97. The number of carbonyl (C=O) groups is 1. The number of piperidine rings is 2. The number of phenols is 2. The molecule has 0 spiro atoms. The summed E-state index contributed by atoms with van der Waals surface area (Å²) in [6.45, 7) is 1.01. The molecule has 2 aliphatic rings. The Balaban J connectivity index is 1.47. The second-order valence-electron chi connectivity index (χ2n) is 8.63. The molecular weight excluding hydrogens is 422 g/mol. The average Bonchev–Trinajstić information content (AvgIpc) is 2.83. The third-order valence-electron chi connectivity index (χ3n) is 6.58. The number of ether oxygens (including phenoxy) is 3. The minimum absolute atomic E-state index is 0.0482. The monoisotopic (exact) mass is 453 g/mol. The van der Waals surface area contributed by atoms with Crippen LogP contribution in [0.3, 0.4) is 0 Å². The Morgan fingerprint density at radius 1 is 1.00 bits per heavy atom. The molecule has 33 heavy (non-hydrogen) atoms. The van der Waals surface area contributed by atoms with Gasteiger partial charge in [-0.1, -0.05) is 18.6 Å². The normalized spacial score (nSPS) is 23.2. The van der Waals surface area contributed by atoms with Crippen molar-refractivity contribution in [2.45, 2.75) is 50.3 Å². The first-order valence-corrected chi connectivity index (χ1v) is 11.4. The lowest BCUT2D eigenvalue weighted by atomic mass is 9.84. The number of nitrogens with zero attached hydrogens (tertiary/aromatic N) is 1. The number of esters is 1. The summed E-state index contributed by atoms with van der Waals surface area (Å²) in [5.41, 5.74) is 1.74. The molecule has 0 saturated carbocycles. The van der Waals surface area contributed by atoms with Crippen LogP contribution < -0.4 is 9.47 Å². The van der Waals surface area contributed by atoms with Gasteiger partial charge in [0.15, 0.2) is 23.0 Å². The van der Waals surface area contributed by atoms with Gasteiger partial charge in [0.2, 0.25) is 0 Å². The van der Waals surface area contributed by atoms with Crippen LogP contribution in [0.5, 0.6) is 23.0 Å². The Hall–Kier alpha value is -3.19. The third kappa shape index (κ3) is 5.25. The van der Waals surface area contributed by atoms with Gasteiger partial charge < -0.3 is 24.4 Å². The lowest BCUT2D eigenvalue weighted by Gasteiger charge is -2.47. The summed E-state index contributed by atoms with van der Waals surface area (Å²) in [6, 6.07) is 10.8. The van der Waals surface area contributed by atoms with Gasteiger partial charge in [0, 0.05) is 31.0 Å². The van der Waals surface area contributed by atoms with E-state index < -0.39 is 5.97 Å². The van der Waals surface area contributed by atoms with Crippen LogP contribution in [-0.2, 0) is 9.53 Å². The minimum atomic E-state index is -0.396. The standard InChI is InChI=1S/C26H31NO6/c1-31-24-10-8-18(14-23(24)29)21-16-20(15-19-5-3-4-12-27(19)21)33-26(30)11-7-17-6-9-22(28)25(13-17)32-2/h6-11,13-14,19-21,28-29H,3-5,12,15-16H2,1-2H3/b11-7+/t19-,20-,21-/m1/s1. The van der Waals surface area contributed by atoms with Crippen LogP contribution in [0.4, 0.5) is 0 Å². The van der Waals surface area contributed by atoms with Gasteiger partial charge in [-0.2, -0.15) is 0 Å². The first kappa shape index (κ1) is 23.0. The largest absolute Gasteiger partial charge is 0.504 e. The van der Waals surface area contributed by atoms with Crippen molar-refractivity contribution in [2.24, 2.45) is 0 Å². The van der Waals surface area contributed by atoms with E-state index >= 15 is 0 Å². The van der Waals surface area contributed by atoms with Crippen molar-refractivity contribution in [3.05, 3.63) is 53.6 Å². The van der Waals surface area contributed by atoms with E-state index in [1.165, 1.54) is 32.8 Å². The molecule has 2 heterocycles. The Bertz CT molecular complexity index is 1020. The van der Waals surface area contributed by atoms with E-state index in [2.05, 4.69) is 4.90 Å². The van der Waals surface area contributed by atoms with Crippen LogP contribution in [0, 0.1) is 0 Å². The molecule has 7 heteroatoms. The molecule has 2 aromatic carbocycles. The molecule has 7 nitrogen and oxygen atoms in total. The molecule has 2 aliphatic heterocycles. The fraction of sp³-hybridized carbons (Fsp3) is 0.423. The van der Waals surface area contributed by atoms with E-state index in [1.807, 2.05) is 6.07 Å². The molecule has 176 valence electrons. The van der Waals surface area contributed by atoms with Crippen molar-refractivity contribution in [3.8, 4) is 23.0 Å². The number of hydrogen-bond donors (Lipinski definition) is 2. The molecule has 4 rings (SSSR count). The Kier molecular flexibility index (Phi) is 7.08. The maximum Gasteiger partial charge on any atom is 0.331 e. The smallest absolute Gasteiger partial charge is 0.331 e. The molecule has 0 bridgehead atoms. The second-order valence-corrected chi connectivity index (χ2v) is 8.63. The summed E-state index contributed by atoms with van der Waals surface area (Å²) in [4.78, 5) is 15.1. The Labute approximate surface area is 194 Å². The highest BCUT2D eigenvalue weighted by Crippen LogP contribution is 2.41. The van der Waals surface area contributed by atoms with Gasteiger partial charge in [-0.15, -0.1) is 0 Å². The molecule has 0 amide bonds. The van der Waals surface area contributed by atoms with Gasteiger partial charge in [-0.3, -0.25) is 4.90 Å². The number of fused-ring (bicyclic) bond motifs is 1. The number of carbonyl (C=O) groups excluding carboxylic acids is 1. The first-order chi connectivity index (χ1) is 16.0. The minimum Gasteiger partial charge on any atom is -0.504 e. The van der Waals surface area contributed by atoms with E-state index in [0.717, 1.165) is 36.9 Å². The van der Waals surface area contributed by atoms with Gasteiger partial charge in [0.1, 0.15) is 6.10 Å². The number of aromatic hydroxyl groups is 2. The zero-order valence-corrected chi connectivity index (χ0v) is 19.1. The lowest BCUT2D eigenvalue weighted by molar-refractivity contribution is -0.148. The molecule has 0 aliphatic carbocycles. The molecule has 3 atom stereocenters. The van der Waals surface area contributed by atoms with Gasteiger partial charge in [0.05, 0.1) is 14.2 Å². The number of benzene rings is 2. The van der Waals surface area contributed by atoms with E-state index in [1.54, 1.807) is 30.3 Å². The SMILES string of the molecule is COc1ccc([C@H]2C[C@H](OC(=O)/C=C/c3ccc(O)c(OC)c3)C[C@H]3CCCCN32)cc1O. The highest BCUT2D eigenvalue weighted by Gasteiger charge is 2.39. The molecular formula is C26H31NO6. The van der Waals surface area contributed by atoms with Crippen molar-refractivity contribution < 1.29 is 29.2 Å². The molecule has 0 radical (unpaired) electrons. The summed E-state index contributed by atoms with van der Waals surface area (Å²) in [5.74, 6) is 0.569. The predicted molar refractivity (Wildman–Crippen MR) is 125 cm³/mol. The highest BCUT2D eigenvalue weighted by molar-refractivity contribution is 5.87. The van der Waals surface area contributed by atoms with E-state index in [-0.39, 0.29) is 23.6 Å². The molecule has 2 saturated heterocycles. The van der Waals surface area contributed by atoms with E-state index in [4.69, 9.17) is 14.2 Å². The van der Waals surface area contributed by atoms with Crippen LogP contribution in [-0.4, -0.2) is 54.0 Å². The molecule has 0 aromatic heterocycles. The third-order valence-corrected chi connectivity index (χ3v) is 6.58. The highest BCUT2D eigenvalue weighted by atomic mass is 16.5. The Morgan fingerprint density at radius 3 is 2.58 bits per heavy atom. The summed E-state index contributed by atoms with van der Waals surface area (Å²) >= 11 is 0. The zero-order chi connectivity index (χ0) is 23.4. The topological polar surface area (TPSA) is 88.5 Å². The van der Waals surface area contributed by atoms with Gasteiger partial charge in [-0.25, -0.2) is 4.79 Å². The molecule has 2 aromatic rings. The van der Waals surface area contributed by atoms with Crippen molar-refractivity contribution >= 4 is 12.0 Å². The summed E-state index contributed by atoms with van der Waals surface area (Å²) < 4.78 is 16.1. The van der Waals surface area contributed by atoms with Crippen molar-refractivity contribution in [1.29, 1.82) is 0 Å². The fourth-order valence-corrected chi connectivity index (χ4v) is 4.97. The number of methoxy groups -OCH3 is 2. The summed E-state index contributed by atoms with van der Waals surface area (Å²) in [7, 11) is 3.01. The maximum atomic E-state index is 12.6. The predicted octanol–water partition coefficient (Wildman–Crippen LogP) is 4.43. The van der Waals surface area contributed by atoms with Gasteiger partial charge >= 0.3 is 5.97 Å². The molecule has 2 fully saturated rings. The van der Waals surface area contributed by atoms with Crippen LogP contribution in [0.2, 0.25) is 0 Å². The van der Waals surface area contributed by atoms with Crippen LogP contribution >= 0.6 is 0 Å². The van der Waals surface area contributed by atoms with E-state index in [0.29, 0.717) is 24.0 Å². The zero-order valence-electron chi connectivity index (χ0n) is 19.1. The van der Waals surface area contributed by atoms with E-state index in [9.17, 15) is 15.0 Å². The summed E-state index contributed by atoms with van der Waals surface area (Å²) in [6.07, 6.45) is 7.75. The van der Waals surface area contributed by atoms with Gasteiger partial charge in [0.25, 0.3) is 0 Å². The Morgan fingerprint density at radius 2 is 1.82 bits per heavy atom. The summed E-state index contributed by atoms with van der Waals surface area (Å²) in [5, 5.41) is 20.0. The molecule has 0 unspecified atom stereocenters. The quantitative estimate of drug-likeness (QED) is 0.494. The van der Waals surface area contributed by atoms with Crippen LogP contribution in [0.25, 0.3) is 6.08 Å². The second kappa shape index (κ2) is 10.2. The number of phenolic OH excluding ortho intramolecular Hbond substituents is 2. The van der Waals surface area contributed by atoms with Crippen molar-refractivity contribution in [2.75, 3.05) is 20.8 Å². The average molecular weight is 454 g/mol. The maximum absolute atomic E-state index is 12.6. The number of hydrogen-bond acceptors (Lipinski definition) is 7. The lowest BCUT2D eigenvalue weighted by Crippen LogP contribution is -2.49. The first-order valence-electron chi connectivity index (χ1n) is 11.4. The number of rotatable bonds is 6.